The zero-order valence-electron chi connectivity index (χ0n) is 20.8. The maximum Gasteiger partial charge on any atom is 0.326 e. The van der Waals surface area contributed by atoms with Crippen LogP contribution in [0.3, 0.4) is 0 Å². The Balaban J connectivity index is 1.56. The molecule has 1 heterocycles. The minimum absolute atomic E-state index is 0.198. The van der Waals surface area contributed by atoms with Gasteiger partial charge in [-0.1, -0.05) is 54.6 Å². The highest BCUT2D eigenvalue weighted by Crippen LogP contribution is 2.36. The van der Waals surface area contributed by atoms with E-state index in [1.807, 2.05) is 50.2 Å². The van der Waals surface area contributed by atoms with E-state index in [2.05, 4.69) is 10.6 Å². The Bertz CT molecular complexity index is 1310. The molecule has 0 unspecified atom stereocenters. The van der Waals surface area contributed by atoms with E-state index in [1.54, 1.807) is 37.4 Å². The second kappa shape index (κ2) is 10.1. The average Bonchev–Trinajstić information content (AvgIpc) is 3.15. The van der Waals surface area contributed by atoms with Crippen LogP contribution in [0.1, 0.15) is 27.8 Å². The Labute approximate surface area is 210 Å². The van der Waals surface area contributed by atoms with Crippen molar-refractivity contribution in [3.05, 3.63) is 94.5 Å². The largest absolute Gasteiger partial charge is 0.493 e. The number of carbonyl (C=O) groups is 3. The van der Waals surface area contributed by atoms with E-state index >= 15 is 0 Å². The zero-order valence-corrected chi connectivity index (χ0v) is 20.8. The number of hydrogen-bond donors (Lipinski definition) is 2. The Kier molecular flexibility index (Phi) is 6.96. The maximum atomic E-state index is 13.8. The fourth-order valence-electron chi connectivity index (χ4n) is 4.33. The summed E-state index contributed by atoms with van der Waals surface area (Å²) in [6, 6.07) is 19.4. The molecule has 3 aromatic rings. The first kappa shape index (κ1) is 24.8. The van der Waals surface area contributed by atoms with Gasteiger partial charge in [-0.15, -0.1) is 0 Å². The van der Waals surface area contributed by atoms with Gasteiger partial charge in [0.15, 0.2) is 17.0 Å². The minimum Gasteiger partial charge on any atom is -0.493 e. The fraction of sp³-hybridized carbons (Fsp3) is 0.250. The van der Waals surface area contributed by atoms with E-state index in [0.29, 0.717) is 22.6 Å². The highest BCUT2D eigenvalue weighted by molar-refractivity contribution is 6.11. The molecule has 0 bridgehead atoms. The third kappa shape index (κ3) is 4.49. The number of methoxy groups -OCH3 is 2. The lowest BCUT2D eigenvalue weighted by molar-refractivity contribution is -0.134. The van der Waals surface area contributed by atoms with Gasteiger partial charge in [0, 0.05) is 6.54 Å². The molecule has 3 aromatic carbocycles. The molecule has 0 radical (unpaired) electrons. The van der Waals surface area contributed by atoms with Gasteiger partial charge in [0.1, 0.15) is 6.54 Å². The number of imide groups is 1. The average molecular weight is 488 g/mol. The quantitative estimate of drug-likeness (QED) is 0.475. The number of nitrogens with zero attached hydrogens (tertiary/aromatic N) is 1. The van der Waals surface area contributed by atoms with E-state index in [-0.39, 0.29) is 6.54 Å². The molecule has 2 N–H and O–H groups in total. The normalized spacial score (nSPS) is 17.1. The summed E-state index contributed by atoms with van der Waals surface area (Å²) >= 11 is 0. The molecule has 0 aromatic heterocycles. The summed E-state index contributed by atoms with van der Waals surface area (Å²) in [6.07, 6.45) is 0. The van der Waals surface area contributed by atoms with Crippen LogP contribution in [0.25, 0.3) is 0 Å². The van der Waals surface area contributed by atoms with Crippen LogP contribution in [-0.4, -0.2) is 43.5 Å². The zero-order chi connectivity index (χ0) is 25.9. The van der Waals surface area contributed by atoms with Crippen LogP contribution in [0.2, 0.25) is 0 Å². The van der Waals surface area contributed by atoms with Crippen molar-refractivity contribution in [3.8, 4) is 11.5 Å². The topological polar surface area (TPSA) is 97.0 Å². The van der Waals surface area contributed by atoms with Gasteiger partial charge in [-0.2, -0.15) is 0 Å². The van der Waals surface area contributed by atoms with E-state index in [0.717, 1.165) is 21.6 Å². The second-order valence-electron chi connectivity index (χ2n) is 8.70. The molecule has 0 aliphatic carbocycles. The molecular formula is C28H29N3O5. The first-order valence-electron chi connectivity index (χ1n) is 11.5. The van der Waals surface area contributed by atoms with Crippen molar-refractivity contribution >= 4 is 17.8 Å². The molecule has 8 nitrogen and oxygen atoms in total. The first-order chi connectivity index (χ1) is 17.3. The summed E-state index contributed by atoms with van der Waals surface area (Å²) in [5, 5.41) is 5.65. The molecular weight excluding hydrogens is 458 g/mol. The number of ether oxygens (including phenoxy) is 2. The molecule has 1 saturated heterocycles. The van der Waals surface area contributed by atoms with Crippen molar-refractivity contribution in [1.29, 1.82) is 0 Å². The number of amides is 4. The van der Waals surface area contributed by atoms with Gasteiger partial charge in [0.25, 0.3) is 5.91 Å². The van der Waals surface area contributed by atoms with E-state index in [4.69, 9.17) is 9.47 Å². The lowest BCUT2D eigenvalue weighted by Gasteiger charge is -2.28. The summed E-state index contributed by atoms with van der Waals surface area (Å²) in [5.74, 6) is 0.162. The monoisotopic (exact) mass is 487 g/mol. The Morgan fingerprint density at radius 3 is 2.28 bits per heavy atom. The van der Waals surface area contributed by atoms with Gasteiger partial charge in [0.2, 0.25) is 5.91 Å². The number of benzene rings is 3. The third-order valence-corrected chi connectivity index (χ3v) is 6.49. The van der Waals surface area contributed by atoms with Gasteiger partial charge < -0.3 is 20.1 Å². The number of rotatable bonds is 8. The number of urea groups is 1. The van der Waals surface area contributed by atoms with Crippen molar-refractivity contribution in [2.45, 2.75) is 25.9 Å². The molecule has 1 aliphatic rings. The molecule has 4 rings (SSSR count). The summed E-state index contributed by atoms with van der Waals surface area (Å²) in [5.41, 5.74) is 2.71. The molecule has 4 amide bonds. The number of nitrogens with one attached hydrogen (secondary N) is 2. The summed E-state index contributed by atoms with van der Waals surface area (Å²) < 4.78 is 10.5. The van der Waals surface area contributed by atoms with Crippen molar-refractivity contribution in [2.75, 3.05) is 20.8 Å². The third-order valence-electron chi connectivity index (χ3n) is 6.49. The molecule has 0 spiro atoms. The lowest BCUT2D eigenvalue weighted by atomic mass is 9.81. The van der Waals surface area contributed by atoms with Crippen LogP contribution in [-0.2, 0) is 21.7 Å². The van der Waals surface area contributed by atoms with E-state index < -0.39 is 29.9 Å². The summed E-state index contributed by atoms with van der Waals surface area (Å²) in [4.78, 5) is 40.6. The number of aryl methyl sites for hydroxylation is 2. The van der Waals surface area contributed by atoms with Gasteiger partial charge in [-0.3, -0.25) is 14.5 Å². The van der Waals surface area contributed by atoms with Crippen LogP contribution in [0.5, 0.6) is 11.5 Å². The van der Waals surface area contributed by atoms with Crippen LogP contribution in [0.15, 0.2) is 66.7 Å². The van der Waals surface area contributed by atoms with Gasteiger partial charge in [0.05, 0.1) is 14.2 Å². The molecule has 8 heteroatoms. The SMILES string of the molecule is COc1ccc(CNC(=O)CN2C(=O)N[C@@](c3ccccc3)(c3ccc(C)c(C)c3)C2=O)cc1OC. The van der Waals surface area contributed by atoms with Gasteiger partial charge in [-0.25, -0.2) is 4.79 Å². The predicted molar refractivity (Wildman–Crippen MR) is 135 cm³/mol. The first-order valence-corrected chi connectivity index (χ1v) is 11.5. The lowest BCUT2D eigenvalue weighted by Crippen LogP contribution is -2.46. The smallest absolute Gasteiger partial charge is 0.326 e. The van der Waals surface area contributed by atoms with Crippen molar-refractivity contribution < 1.29 is 23.9 Å². The summed E-state index contributed by atoms with van der Waals surface area (Å²) in [6.45, 7) is 3.73. The summed E-state index contributed by atoms with van der Waals surface area (Å²) in [7, 11) is 3.08. The van der Waals surface area contributed by atoms with Gasteiger partial charge in [-0.05, 0) is 53.8 Å². The highest BCUT2D eigenvalue weighted by Gasteiger charge is 2.54. The van der Waals surface area contributed by atoms with Crippen molar-refractivity contribution in [1.82, 2.24) is 15.5 Å². The van der Waals surface area contributed by atoms with E-state index in [9.17, 15) is 14.4 Å². The van der Waals surface area contributed by atoms with Crippen LogP contribution in [0.4, 0.5) is 4.79 Å². The molecule has 1 atom stereocenters. The molecule has 0 saturated carbocycles. The molecule has 1 aliphatic heterocycles. The number of carbonyl (C=O) groups excluding carboxylic acids is 3. The second-order valence-corrected chi connectivity index (χ2v) is 8.70. The van der Waals surface area contributed by atoms with Crippen LogP contribution < -0.4 is 20.1 Å². The maximum absolute atomic E-state index is 13.8. The van der Waals surface area contributed by atoms with Crippen molar-refractivity contribution in [2.24, 2.45) is 0 Å². The number of hydrogen-bond acceptors (Lipinski definition) is 5. The Morgan fingerprint density at radius 2 is 1.61 bits per heavy atom. The van der Waals surface area contributed by atoms with Gasteiger partial charge >= 0.3 is 6.03 Å². The Hall–Kier alpha value is -4.33. The molecule has 186 valence electrons. The Morgan fingerprint density at radius 1 is 0.889 bits per heavy atom. The predicted octanol–water partition coefficient (Wildman–Crippen LogP) is 3.43. The van der Waals surface area contributed by atoms with Crippen LogP contribution >= 0.6 is 0 Å². The minimum atomic E-state index is -1.42. The van der Waals surface area contributed by atoms with Crippen LogP contribution in [0, 0.1) is 13.8 Å². The highest BCUT2D eigenvalue weighted by atomic mass is 16.5. The molecule has 36 heavy (non-hydrogen) atoms. The van der Waals surface area contributed by atoms with Crippen molar-refractivity contribution in [3.63, 3.8) is 0 Å². The fourth-order valence-corrected chi connectivity index (χ4v) is 4.33. The molecule has 1 fully saturated rings. The standard InChI is InChI=1S/C28H29N3O5/c1-18-10-12-22(14-19(18)2)28(21-8-6-5-7-9-21)26(33)31(27(34)30-28)17-25(32)29-16-20-11-13-23(35-3)24(15-20)36-4/h5-15H,16-17H2,1-4H3,(H,29,32)(H,30,34)/t28-/m0/s1. The van der Waals surface area contributed by atoms with E-state index in [1.165, 1.54) is 7.11 Å².